The smallest absolute Gasteiger partial charge is 0.290 e. The summed E-state index contributed by atoms with van der Waals surface area (Å²) in [5, 5.41) is 12.9. The number of aliphatic imine (C=N–C) groups is 1. The van der Waals surface area contributed by atoms with Crippen LogP contribution in [-0.2, 0) is 23.9 Å². The fraction of sp³-hybridized carbons (Fsp3) is 0.222. The van der Waals surface area contributed by atoms with Crippen LogP contribution in [0.1, 0.15) is 34.6 Å². The van der Waals surface area contributed by atoms with Gasteiger partial charge in [-0.1, -0.05) is 41.6 Å². The highest BCUT2D eigenvalue weighted by molar-refractivity contribution is 5.97. The summed E-state index contributed by atoms with van der Waals surface area (Å²) in [6.45, 7) is 4.06. The maximum atomic E-state index is 8.36. The van der Waals surface area contributed by atoms with Crippen molar-refractivity contribution < 1.29 is 47.4 Å². The van der Waals surface area contributed by atoms with E-state index in [9.17, 15) is 0 Å². The second-order valence-electron chi connectivity index (χ2n) is 13.6. The van der Waals surface area contributed by atoms with Crippen LogP contribution in [0.5, 0.6) is 11.8 Å². The van der Waals surface area contributed by atoms with Crippen molar-refractivity contribution in [3.05, 3.63) is 145 Å². The maximum Gasteiger partial charge on any atom is 0.290 e. The van der Waals surface area contributed by atoms with Crippen LogP contribution in [0.3, 0.4) is 0 Å². The van der Waals surface area contributed by atoms with Gasteiger partial charge < -0.3 is 52.6 Å². The first-order chi connectivity index (χ1) is 31.7. The van der Waals surface area contributed by atoms with E-state index in [2.05, 4.69) is 30.6 Å². The van der Waals surface area contributed by atoms with Crippen molar-refractivity contribution in [2.45, 2.75) is 26.2 Å². The molecule has 7 heterocycles. The van der Waals surface area contributed by atoms with Gasteiger partial charge in [-0.05, 0) is 62.4 Å². The van der Waals surface area contributed by atoms with E-state index >= 15 is 0 Å². The minimum absolute atomic E-state index is 0.108. The molecular formula is C45H48N10O10. The predicted octanol–water partition coefficient (Wildman–Crippen LogP) is 6.33. The molecule has 0 saturated heterocycles. The summed E-state index contributed by atoms with van der Waals surface area (Å²) in [5.41, 5.74) is 14.9. The fourth-order valence-electron chi connectivity index (χ4n) is 6.13. The lowest BCUT2D eigenvalue weighted by Gasteiger charge is -2.20. The number of oxime groups is 1. The molecule has 1 unspecified atom stereocenters. The Morgan fingerprint density at radius 3 is 2.08 bits per heavy atom. The van der Waals surface area contributed by atoms with Gasteiger partial charge in [-0.2, -0.15) is 0 Å². The van der Waals surface area contributed by atoms with Crippen molar-refractivity contribution in [1.29, 1.82) is 0 Å². The predicted molar refractivity (Wildman–Crippen MR) is 239 cm³/mol. The molecule has 1 aliphatic rings. The number of fused-ring (bicyclic) bond motifs is 2. The van der Waals surface area contributed by atoms with Gasteiger partial charge in [0.25, 0.3) is 6.47 Å². The molecule has 2 aromatic carbocycles. The van der Waals surface area contributed by atoms with E-state index in [4.69, 9.17) is 58.1 Å². The highest BCUT2D eigenvalue weighted by atomic mass is 16.7. The van der Waals surface area contributed by atoms with Crippen LogP contribution in [0, 0.1) is 13.8 Å². The summed E-state index contributed by atoms with van der Waals surface area (Å²) in [6, 6.07) is 26.8. The van der Waals surface area contributed by atoms with Crippen LogP contribution >= 0.6 is 0 Å². The molecule has 6 aromatic heterocycles. The Morgan fingerprint density at radius 2 is 1.48 bits per heavy atom. The van der Waals surface area contributed by atoms with Crippen molar-refractivity contribution in [2.24, 2.45) is 15.9 Å². The topological polar surface area (TPSA) is 243 Å². The SMILES string of the molecule is COc1nc(/C(N)=N/OCC(OC)OC)ccc1-n1cnc(C)c1.COc1nc(C2=NC(c3cc4ccccc4o3)CON2)ccc1-n1cnc(C)c1.O=CO.c1ccc2occc2c1. The van der Waals surface area contributed by atoms with Gasteiger partial charge in [0, 0.05) is 37.4 Å². The number of nitrogens with two attached hydrogens (primary N) is 1. The summed E-state index contributed by atoms with van der Waals surface area (Å²) in [7, 11) is 6.13. The van der Waals surface area contributed by atoms with Crippen LogP contribution in [-0.4, -0.2) is 100 Å². The molecular weight excluding hydrogens is 841 g/mol. The highest BCUT2D eigenvalue weighted by Gasteiger charge is 2.23. The molecule has 8 aromatic rings. The van der Waals surface area contributed by atoms with E-state index in [0.29, 0.717) is 35.6 Å². The minimum Gasteiger partial charge on any atom is -0.483 e. The summed E-state index contributed by atoms with van der Waals surface area (Å²) in [4.78, 5) is 41.2. The molecule has 4 N–H and O–H groups in total. The van der Waals surface area contributed by atoms with E-state index in [0.717, 1.165) is 50.5 Å². The van der Waals surface area contributed by atoms with Gasteiger partial charge in [-0.15, -0.1) is 0 Å². The number of carbonyl (C=O) groups is 1. The number of aromatic nitrogens is 6. The molecule has 20 nitrogen and oxygen atoms in total. The molecule has 20 heteroatoms. The molecule has 0 aliphatic carbocycles. The molecule has 0 saturated carbocycles. The minimum atomic E-state index is -0.518. The number of nitrogens with zero attached hydrogens (tertiary/aromatic N) is 8. The summed E-state index contributed by atoms with van der Waals surface area (Å²) < 4.78 is 35.5. The Hall–Kier alpha value is -8.07. The number of para-hydroxylation sites is 2. The number of benzene rings is 2. The third-order valence-electron chi connectivity index (χ3n) is 9.28. The highest BCUT2D eigenvalue weighted by Crippen LogP contribution is 2.29. The van der Waals surface area contributed by atoms with Crippen molar-refractivity contribution in [3.63, 3.8) is 0 Å². The molecule has 1 aliphatic heterocycles. The number of furan rings is 2. The first-order valence-electron chi connectivity index (χ1n) is 19.8. The number of hydrogen-bond donors (Lipinski definition) is 3. The van der Waals surface area contributed by atoms with E-state index < -0.39 is 6.29 Å². The van der Waals surface area contributed by atoms with E-state index in [1.54, 1.807) is 32.1 Å². The van der Waals surface area contributed by atoms with Gasteiger partial charge in [-0.25, -0.2) is 25.4 Å². The van der Waals surface area contributed by atoms with E-state index in [1.807, 2.05) is 114 Å². The molecule has 0 fully saturated rings. The quantitative estimate of drug-likeness (QED) is 0.0399. The number of hydrogen-bond acceptors (Lipinski definition) is 16. The van der Waals surface area contributed by atoms with E-state index in [-0.39, 0.29) is 25.0 Å². The Morgan fingerprint density at radius 1 is 0.862 bits per heavy atom. The maximum absolute atomic E-state index is 8.36. The second kappa shape index (κ2) is 22.9. The molecule has 0 spiro atoms. The number of hydroxylamine groups is 1. The average Bonchev–Trinajstić information content (AvgIpc) is 4.18. The third kappa shape index (κ3) is 12.1. The van der Waals surface area contributed by atoms with Crippen LogP contribution < -0.4 is 20.7 Å². The number of methoxy groups -OCH3 is 4. The van der Waals surface area contributed by atoms with Crippen molar-refractivity contribution in [3.8, 4) is 23.1 Å². The molecule has 0 bridgehead atoms. The number of pyridine rings is 2. The monoisotopic (exact) mass is 888 g/mol. The van der Waals surface area contributed by atoms with Crippen molar-refractivity contribution in [1.82, 2.24) is 34.6 Å². The number of amidine groups is 2. The Bertz CT molecular complexity index is 2760. The molecule has 0 radical (unpaired) electrons. The number of aryl methyl sites for hydroxylation is 2. The summed E-state index contributed by atoms with van der Waals surface area (Å²) in [5.74, 6) is 2.26. The Labute approximate surface area is 372 Å². The summed E-state index contributed by atoms with van der Waals surface area (Å²) in [6.07, 6.45) is 8.38. The average molecular weight is 889 g/mol. The first-order valence-corrected chi connectivity index (χ1v) is 19.8. The van der Waals surface area contributed by atoms with Crippen molar-refractivity contribution >= 4 is 40.1 Å². The van der Waals surface area contributed by atoms with Crippen LogP contribution in [0.25, 0.3) is 33.3 Å². The molecule has 1 atom stereocenters. The van der Waals surface area contributed by atoms with Crippen LogP contribution in [0.15, 0.2) is 135 Å². The first kappa shape index (κ1) is 46.4. The molecule has 65 heavy (non-hydrogen) atoms. The molecule has 9 rings (SSSR count). The number of rotatable bonds is 12. The lowest BCUT2D eigenvalue weighted by Crippen LogP contribution is -2.33. The molecule has 0 amide bonds. The van der Waals surface area contributed by atoms with Gasteiger partial charge in [0.15, 0.2) is 24.6 Å². The number of carboxylic acid groups (broad SMARTS) is 1. The second-order valence-corrected chi connectivity index (χ2v) is 13.6. The fourth-order valence-corrected chi connectivity index (χ4v) is 6.13. The van der Waals surface area contributed by atoms with E-state index in [1.165, 1.54) is 21.3 Å². The zero-order chi connectivity index (χ0) is 46.1. The van der Waals surface area contributed by atoms with Crippen molar-refractivity contribution in [2.75, 3.05) is 41.7 Å². The van der Waals surface area contributed by atoms with Crippen LogP contribution in [0.2, 0.25) is 0 Å². The Balaban J connectivity index is 0.000000174. The van der Waals surface area contributed by atoms with Crippen LogP contribution in [0.4, 0.5) is 0 Å². The zero-order valence-electron chi connectivity index (χ0n) is 36.4. The number of nitrogens with one attached hydrogen (secondary N) is 1. The number of imidazole rings is 2. The lowest BCUT2D eigenvalue weighted by molar-refractivity contribution is -0.140. The van der Waals surface area contributed by atoms with Gasteiger partial charge in [0.1, 0.15) is 52.3 Å². The standard InChI is InChI=1S/C21H19N5O3.C15H21N5O4.C8H6O.CH2O2/c1-13-10-26(12-22-13)17-8-7-15(24-21(17)27-2)20-23-16(11-28-25-20)19-9-14-5-3-4-6-18(14)29-19;1-10-7-20(9-17-10)12-6-5-11(18-15(12)23-4)14(16)19-24-8-13(21-2)22-3;1-2-4-8-7(3-1)5-6-9-8;2-1-3/h3-10,12,16H,11H2,1-2H3,(H,23,25);5-7,9,13H,8H2,1-4H3,(H2,16,19);1-6H;1H,(H,2,3). The zero-order valence-corrected chi connectivity index (χ0v) is 36.4. The third-order valence-corrected chi connectivity index (χ3v) is 9.28. The Kier molecular flexibility index (Phi) is 16.3. The normalized spacial score (nSPS) is 13.3. The largest absolute Gasteiger partial charge is 0.483 e. The van der Waals surface area contributed by atoms with Gasteiger partial charge in [0.05, 0.1) is 44.5 Å². The molecule has 338 valence electrons. The van der Waals surface area contributed by atoms with Gasteiger partial charge in [-0.3, -0.25) is 14.6 Å². The lowest BCUT2D eigenvalue weighted by atomic mass is 10.2. The summed E-state index contributed by atoms with van der Waals surface area (Å²) >= 11 is 0. The number of ether oxygens (including phenoxy) is 4. The van der Waals surface area contributed by atoms with Gasteiger partial charge in [0.2, 0.25) is 11.8 Å². The van der Waals surface area contributed by atoms with Gasteiger partial charge >= 0.3 is 0 Å².